The molecule has 0 atom stereocenters. The fourth-order valence-corrected chi connectivity index (χ4v) is 3.82. The van der Waals surface area contributed by atoms with Crippen molar-refractivity contribution in [3.8, 4) is 11.5 Å². The molecular formula is C23H21ClN2O3. The second-order valence-corrected chi connectivity index (χ2v) is 8.15. The van der Waals surface area contributed by atoms with E-state index >= 15 is 0 Å². The van der Waals surface area contributed by atoms with Gasteiger partial charge >= 0.3 is 0 Å². The van der Waals surface area contributed by atoms with E-state index in [4.69, 9.17) is 21.1 Å². The lowest BCUT2D eigenvalue weighted by Crippen LogP contribution is -2.31. The number of nitrogens with zero attached hydrogens (tertiary/aromatic N) is 2. The Morgan fingerprint density at radius 3 is 2.55 bits per heavy atom. The van der Waals surface area contributed by atoms with Crippen molar-refractivity contribution in [3.63, 3.8) is 0 Å². The Labute approximate surface area is 174 Å². The maximum absolute atomic E-state index is 12.9. The van der Waals surface area contributed by atoms with E-state index in [1.54, 1.807) is 0 Å². The van der Waals surface area contributed by atoms with Crippen LogP contribution in [0.15, 0.2) is 42.5 Å². The number of carbonyl (C=O) groups excluding carboxylic acids is 1. The molecule has 0 spiro atoms. The molecule has 0 radical (unpaired) electrons. The van der Waals surface area contributed by atoms with Crippen LogP contribution in [0, 0.1) is 12.8 Å². The number of benzene rings is 2. The Morgan fingerprint density at radius 2 is 1.83 bits per heavy atom. The van der Waals surface area contributed by atoms with Gasteiger partial charge in [-0.05, 0) is 37.5 Å². The van der Waals surface area contributed by atoms with Gasteiger partial charge in [0.25, 0.3) is 0 Å². The Morgan fingerprint density at radius 1 is 1.10 bits per heavy atom. The van der Waals surface area contributed by atoms with Crippen molar-refractivity contribution in [2.24, 2.45) is 5.92 Å². The third kappa shape index (κ3) is 3.75. The maximum Gasteiger partial charge on any atom is 0.231 e. The fourth-order valence-electron chi connectivity index (χ4n) is 3.61. The molecule has 1 aliphatic heterocycles. The molecule has 2 aromatic carbocycles. The molecule has 0 bridgehead atoms. The zero-order valence-electron chi connectivity index (χ0n) is 16.2. The number of aryl methyl sites for hydroxylation is 1. The van der Waals surface area contributed by atoms with Crippen LogP contribution in [-0.4, -0.2) is 22.6 Å². The number of carbonyl (C=O) groups is 1. The van der Waals surface area contributed by atoms with Gasteiger partial charge in [-0.15, -0.1) is 0 Å². The predicted octanol–water partition coefficient (Wildman–Crippen LogP) is 4.86. The van der Waals surface area contributed by atoms with Gasteiger partial charge in [-0.25, -0.2) is 4.98 Å². The summed E-state index contributed by atoms with van der Waals surface area (Å²) in [5, 5.41) is 1.33. The van der Waals surface area contributed by atoms with Crippen molar-refractivity contribution in [2.75, 3.05) is 6.79 Å². The number of hydrogen-bond acceptors (Lipinski definition) is 4. The van der Waals surface area contributed by atoms with E-state index in [-0.39, 0.29) is 18.6 Å². The predicted molar refractivity (Wildman–Crippen MR) is 111 cm³/mol. The van der Waals surface area contributed by atoms with Crippen molar-refractivity contribution in [3.05, 3.63) is 64.3 Å². The monoisotopic (exact) mass is 408 g/mol. The highest BCUT2D eigenvalue weighted by molar-refractivity contribution is 6.30. The minimum Gasteiger partial charge on any atom is -0.454 e. The Bertz CT molecular complexity index is 1090. The number of pyridine rings is 1. The van der Waals surface area contributed by atoms with Crippen molar-refractivity contribution in [2.45, 2.75) is 32.9 Å². The first-order valence-corrected chi connectivity index (χ1v) is 10.2. The van der Waals surface area contributed by atoms with Crippen molar-refractivity contribution >= 4 is 28.4 Å². The molecule has 1 aromatic heterocycles. The quantitative estimate of drug-likeness (QED) is 0.565. The highest BCUT2D eigenvalue weighted by Crippen LogP contribution is 2.37. The number of amides is 1. The summed E-state index contributed by atoms with van der Waals surface area (Å²) >= 11 is 6.50. The first-order valence-electron chi connectivity index (χ1n) is 9.80. The standard InChI is InChI=1S/C23H21ClN2O3/c1-14-2-4-15(5-3-14)11-26(23(27)16-6-7-16)12-18-8-17-9-20-21(29-13-28-20)10-19(17)25-22(18)24/h2-5,8-10,16H,6-7,11-13H2,1H3. The smallest absolute Gasteiger partial charge is 0.231 e. The lowest BCUT2D eigenvalue weighted by Gasteiger charge is -2.24. The van der Waals surface area contributed by atoms with Crippen LogP contribution in [0.3, 0.4) is 0 Å². The van der Waals surface area contributed by atoms with Gasteiger partial charge in [-0.2, -0.15) is 0 Å². The van der Waals surface area contributed by atoms with E-state index in [0.717, 1.165) is 34.9 Å². The Kier molecular flexibility index (Phi) is 4.55. The topological polar surface area (TPSA) is 51.7 Å². The average molecular weight is 409 g/mol. The molecule has 5 rings (SSSR count). The minimum atomic E-state index is 0.140. The number of ether oxygens (including phenoxy) is 2. The van der Waals surface area contributed by atoms with Gasteiger partial charge in [-0.3, -0.25) is 4.79 Å². The molecule has 1 amide bonds. The number of aromatic nitrogens is 1. The van der Waals surface area contributed by atoms with E-state index < -0.39 is 0 Å². The third-order valence-electron chi connectivity index (χ3n) is 5.43. The van der Waals surface area contributed by atoms with Gasteiger partial charge in [0.2, 0.25) is 12.7 Å². The molecule has 5 nitrogen and oxygen atoms in total. The maximum atomic E-state index is 12.9. The van der Waals surface area contributed by atoms with Gasteiger partial charge in [0.15, 0.2) is 11.5 Å². The molecule has 1 saturated carbocycles. The summed E-state index contributed by atoms with van der Waals surface area (Å²) < 4.78 is 10.9. The minimum absolute atomic E-state index is 0.140. The molecule has 1 aliphatic carbocycles. The number of fused-ring (bicyclic) bond motifs is 2. The summed E-state index contributed by atoms with van der Waals surface area (Å²) in [6.45, 7) is 3.26. The lowest BCUT2D eigenvalue weighted by atomic mass is 10.1. The normalized spacial score (nSPS) is 15.0. The van der Waals surface area contributed by atoms with Crippen LogP contribution in [0.4, 0.5) is 0 Å². The van der Waals surface area contributed by atoms with E-state index in [0.29, 0.717) is 29.7 Å². The molecule has 0 unspecified atom stereocenters. The molecule has 2 heterocycles. The molecule has 6 heteroatoms. The Hall–Kier alpha value is -2.79. The Balaban J connectivity index is 1.46. The van der Waals surface area contributed by atoms with E-state index in [2.05, 4.69) is 36.2 Å². The molecule has 0 N–H and O–H groups in total. The number of rotatable bonds is 5. The second kappa shape index (κ2) is 7.23. The van der Waals surface area contributed by atoms with Crippen LogP contribution in [0.5, 0.6) is 11.5 Å². The highest BCUT2D eigenvalue weighted by Gasteiger charge is 2.33. The first kappa shape index (κ1) is 18.3. The lowest BCUT2D eigenvalue weighted by molar-refractivity contribution is -0.133. The van der Waals surface area contributed by atoms with Crippen molar-refractivity contribution < 1.29 is 14.3 Å². The summed E-state index contributed by atoms with van der Waals surface area (Å²) in [4.78, 5) is 19.4. The number of halogens is 1. The van der Waals surface area contributed by atoms with Crippen LogP contribution in [0.1, 0.15) is 29.5 Å². The van der Waals surface area contributed by atoms with Crippen LogP contribution in [0.2, 0.25) is 5.15 Å². The summed E-state index contributed by atoms with van der Waals surface area (Å²) in [5.74, 6) is 1.71. The van der Waals surface area contributed by atoms with Gasteiger partial charge < -0.3 is 14.4 Å². The number of hydrogen-bond donors (Lipinski definition) is 0. The SMILES string of the molecule is Cc1ccc(CN(Cc2cc3cc4c(cc3nc2Cl)OCO4)C(=O)C2CC2)cc1. The third-order valence-corrected chi connectivity index (χ3v) is 5.76. The molecule has 1 fully saturated rings. The second-order valence-electron chi connectivity index (χ2n) is 7.79. The van der Waals surface area contributed by atoms with Crippen LogP contribution < -0.4 is 9.47 Å². The largest absolute Gasteiger partial charge is 0.454 e. The summed E-state index contributed by atoms with van der Waals surface area (Å²) in [6, 6.07) is 14.0. The van der Waals surface area contributed by atoms with E-state index in [1.165, 1.54) is 5.56 Å². The molecule has 0 saturated heterocycles. The molecular weight excluding hydrogens is 388 g/mol. The molecule has 3 aromatic rings. The van der Waals surface area contributed by atoms with Gasteiger partial charge in [0.1, 0.15) is 5.15 Å². The fraction of sp³-hybridized carbons (Fsp3) is 0.304. The van der Waals surface area contributed by atoms with Gasteiger partial charge in [0, 0.05) is 36.0 Å². The first-order chi connectivity index (χ1) is 14.1. The van der Waals surface area contributed by atoms with E-state index in [9.17, 15) is 4.79 Å². The van der Waals surface area contributed by atoms with E-state index in [1.807, 2.05) is 23.1 Å². The zero-order chi connectivity index (χ0) is 20.0. The molecule has 2 aliphatic rings. The average Bonchev–Trinajstić information content (AvgIpc) is 3.46. The van der Waals surface area contributed by atoms with Crippen LogP contribution >= 0.6 is 11.6 Å². The zero-order valence-corrected chi connectivity index (χ0v) is 16.9. The summed E-state index contributed by atoms with van der Waals surface area (Å²) in [7, 11) is 0. The molecule has 148 valence electrons. The van der Waals surface area contributed by atoms with Crippen molar-refractivity contribution in [1.82, 2.24) is 9.88 Å². The summed E-state index contributed by atoms with van der Waals surface area (Å²) in [5.41, 5.74) is 3.90. The molecule has 29 heavy (non-hydrogen) atoms. The van der Waals surface area contributed by atoms with Crippen LogP contribution in [0.25, 0.3) is 10.9 Å². The van der Waals surface area contributed by atoms with Gasteiger partial charge in [-0.1, -0.05) is 41.4 Å². The highest BCUT2D eigenvalue weighted by atomic mass is 35.5. The van der Waals surface area contributed by atoms with Crippen LogP contribution in [-0.2, 0) is 17.9 Å². The van der Waals surface area contributed by atoms with Crippen molar-refractivity contribution in [1.29, 1.82) is 0 Å². The summed E-state index contributed by atoms with van der Waals surface area (Å²) in [6.07, 6.45) is 1.94. The van der Waals surface area contributed by atoms with Gasteiger partial charge in [0.05, 0.1) is 5.52 Å².